The molecule has 0 spiro atoms. The lowest BCUT2D eigenvalue weighted by atomic mass is 10.3. The third kappa shape index (κ3) is 4.11. The van der Waals surface area contributed by atoms with Crippen molar-refractivity contribution in [3.05, 3.63) is 54.0 Å². The molecule has 106 valence electrons. The van der Waals surface area contributed by atoms with Gasteiger partial charge in [-0.05, 0) is 18.2 Å². The summed E-state index contributed by atoms with van der Waals surface area (Å²) >= 11 is 0. The first kappa shape index (κ1) is 14.1. The Morgan fingerprint density at radius 1 is 1.25 bits per heavy atom. The molecule has 0 bridgehead atoms. The van der Waals surface area contributed by atoms with Crippen LogP contribution in [0.3, 0.4) is 0 Å². The number of hydrogen-bond acceptors (Lipinski definition) is 5. The summed E-state index contributed by atoms with van der Waals surface area (Å²) in [5, 5.41) is 0. The van der Waals surface area contributed by atoms with Gasteiger partial charge in [0.05, 0.1) is 12.2 Å². The quantitative estimate of drug-likeness (QED) is 0.346. The third-order valence-corrected chi connectivity index (χ3v) is 2.53. The fraction of sp³-hybridized carbons (Fsp3) is 0.214. The smallest absolute Gasteiger partial charge is 0.268 e. The standard InChI is InChI=1S/C14H16N2O4/c15-16-14(17)11-8-13(20-9-11)10-18-6-7-19-12-4-2-1-3-5-12/h1-5,8-9H,6-7,10,15H2,(H,16,17). The molecule has 0 atom stereocenters. The fourth-order valence-corrected chi connectivity index (χ4v) is 1.57. The summed E-state index contributed by atoms with van der Waals surface area (Å²) < 4.78 is 16.0. The van der Waals surface area contributed by atoms with E-state index in [0.717, 1.165) is 5.75 Å². The number of furan rings is 1. The molecular formula is C14H16N2O4. The number of hydrazine groups is 1. The highest BCUT2D eigenvalue weighted by Gasteiger charge is 2.08. The molecular weight excluding hydrogens is 260 g/mol. The number of carbonyl (C=O) groups is 1. The van der Waals surface area contributed by atoms with Crippen LogP contribution < -0.4 is 16.0 Å². The number of ether oxygens (including phenoxy) is 2. The molecule has 0 aliphatic heterocycles. The summed E-state index contributed by atoms with van der Waals surface area (Å²) in [5.74, 6) is 5.98. The van der Waals surface area contributed by atoms with Crippen LogP contribution in [0.2, 0.25) is 0 Å². The van der Waals surface area contributed by atoms with Gasteiger partial charge in [0.25, 0.3) is 5.91 Å². The lowest BCUT2D eigenvalue weighted by Gasteiger charge is -2.05. The van der Waals surface area contributed by atoms with Crippen LogP contribution in [0.1, 0.15) is 16.1 Å². The minimum atomic E-state index is -0.396. The average Bonchev–Trinajstić information content (AvgIpc) is 2.96. The summed E-state index contributed by atoms with van der Waals surface area (Å²) in [7, 11) is 0. The second-order valence-electron chi connectivity index (χ2n) is 3.99. The predicted molar refractivity (Wildman–Crippen MR) is 72.0 cm³/mol. The van der Waals surface area contributed by atoms with Gasteiger partial charge in [-0.15, -0.1) is 0 Å². The zero-order chi connectivity index (χ0) is 14.2. The van der Waals surface area contributed by atoms with E-state index in [1.165, 1.54) is 6.26 Å². The Morgan fingerprint density at radius 3 is 2.80 bits per heavy atom. The number of nitrogen functional groups attached to an aromatic ring is 1. The van der Waals surface area contributed by atoms with Gasteiger partial charge in [-0.1, -0.05) is 18.2 Å². The van der Waals surface area contributed by atoms with E-state index >= 15 is 0 Å². The van der Waals surface area contributed by atoms with E-state index < -0.39 is 5.91 Å². The molecule has 0 aliphatic rings. The second-order valence-corrected chi connectivity index (χ2v) is 3.99. The number of benzene rings is 1. The summed E-state index contributed by atoms with van der Waals surface area (Å²) in [4.78, 5) is 11.2. The fourth-order valence-electron chi connectivity index (χ4n) is 1.57. The molecule has 3 N–H and O–H groups in total. The Bertz CT molecular complexity index is 539. The molecule has 1 amide bonds. The predicted octanol–water partition coefficient (Wildman–Crippen LogP) is 1.48. The van der Waals surface area contributed by atoms with Gasteiger partial charge in [-0.2, -0.15) is 0 Å². The Balaban J connectivity index is 1.66. The molecule has 20 heavy (non-hydrogen) atoms. The number of hydrogen-bond donors (Lipinski definition) is 2. The summed E-state index contributed by atoms with van der Waals surface area (Å²) in [6.07, 6.45) is 1.33. The van der Waals surface area contributed by atoms with Crippen molar-refractivity contribution in [1.29, 1.82) is 0 Å². The van der Waals surface area contributed by atoms with Crippen LogP contribution in [0.25, 0.3) is 0 Å². The van der Waals surface area contributed by atoms with Gasteiger partial charge in [-0.3, -0.25) is 10.2 Å². The number of amides is 1. The van der Waals surface area contributed by atoms with Gasteiger partial charge in [0.2, 0.25) is 0 Å². The summed E-state index contributed by atoms with van der Waals surface area (Å²) in [6, 6.07) is 11.1. The van der Waals surface area contributed by atoms with E-state index in [9.17, 15) is 4.79 Å². The minimum absolute atomic E-state index is 0.274. The van der Waals surface area contributed by atoms with Crippen LogP contribution in [0.4, 0.5) is 0 Å². The van der Waals surface area contributed by atoms with E-state index in [2.05, 4.69) is 0 Å². The molecule has 2 rings (SSSR count). The van der Waals surface area contributed by atoms with Crippen molar-refractivity contribution in [1.82, 2.24) is 5.43 Å². The molecule has 6 nitrogen and oxygen atoms in total. The molecule has 1 heterocycles. The van der Waals surface area contributed by atoms with Gasteiger partial charge < -0.3 is 13.9 Å². The molecule has 0 radical (unpaired) electrons. The normalized spacial score (nSPS) is 10.2. The summed E-state index contributed by atoms with van der Waals surface area (Å²) in [6.45, 7) is 1.14. The van der Waals surface area contributed by atoms with Crippen LogP contribution in [0.15, 0.2) is 47.1 Å². The Kier molecular flexibility index (Phi) is 5.16. The molecule has 2 aromatic rings. The van der Waals surface area contributed by atoms with Crippen molar-refractivity contribution in [2.24, 2.45) is 5.84 Å². The lowest BCUT2D eigenvalue weighted by Crippen LogP contribution is -2.29. The molecule has 0 saturated heterocycles. The Morgan fingerprint density at radius 2 is 2.05 bits per heavy atom. The SMILES string of the molecule is NNC(=O)c1coc(COCCOc2ccccc2)c1. The van der Waals surface area contributed by atoms with Crippen molar-refractivity contribution in [2.45, 2.75) is 6.61 Å². The molecule has 6 heteroatoms. The lowest BCUT2D eigenvalue weighted by molar-refractivity contribution is 0.0781. The van der Waals surface area contributed by atoms with Crippen LogP contribution >= 0.6 is 0 Å². The van der Waals surface area contributed by atoms with Crippen LogP contribution in [-0.2, 0) is 11.3 Å². The van der Waals surface area contributed by atoms with Gasteiger partial charge in [-0.25, -0.2) is 5.84 Å². The van der Waals surface area contributed by atoms with Gasteiger partial charge in [0, 0.05) is 0 Å². The molecule has 0 aliphatic carbocycles. The molecule has 1 aromatic carbocycles. The number of rotatable bonds is 7. The molecule has 0 unspecified atom stereocenters. The topological polar surface area (TPSA) is 86.7 Å². The van der Waals surface area contributed by atoms with Crippen molar-refractivity contribution in [2.75, 3.05) is 13.2 Å². The maximum Gasteiger partial charge on any atom is 0.268 e. The second kappa shape index (κ2) is 7.32. The minimum Gasteiger partial charge on any atom is -0.491 e. The van der Waals surface area contributed by atoms with E-state index in [1.54, 1.807) is 6.07 Å². The first-order valence-corrected chi connectivity index (χ1v) is 6.13. The van der Waals surface area contributed by atoms with E-state index in [4.69, 9.17) is 19.7 Å². The van der Waals surface area contributed by atoms with Crippen LogP contribution in [-0.4, -0.2) is 19.1 Å². The average molecular weight is 276 g/mol. The van der Waals surface area contributed by atoms with Crippen LogP contribution in [0, 0.1) is 0 Å². The first-order chi connectivity index (χ1) is 9.79. The molecule has 0 fully saturated rings. The number of para-hydroxylation sites is 1. The van der Waals surface area contributed by atoms with Crippen LogP contribution in [0.5, 0.6) is 5.75 Å². The number of carbonyl (C=O) groups excluding carboxylic acids is 1. The Hall–Kier alpha value is -2.31. The van der Waals surface area contributed by atoms with Crippen molar-refractivity contribution >= 4 is 5.91 Å². The van der Waals surface area contributed by atoms with Crippen molar-refractivity contribution in [3.63, 3.8) is 0 Å². The van der Waals surface area contributed by atoms with E-state index in [-0.39, 0.29) is 6.61 Å². The first-order valence-electron chi connectivity index (χ1n) is 6.13. The highest BCUT2D eigenvalue weighted by atomic mass is 16.5. The van der Waals surface area contributed by atoms with Crippen molar-refractivity contribution in [3.8, 4) is 5.75 Å². The zero-order valence-corrected chi connectivity index (χ0v) is 10.9. The monoisotopic (exact) mass is 276 g/mol. The maximum atomic E-state index is 11.2. The molecule has 1 aromatic heterocycles. The number of nitrogens with two attached hydrogens (primary N) is 1. The van der Waals surface area contributed by atoms with Gasteiger partial charge in [0.15, 0.2) is 0 Å². The Labute approximate surface area is 116 Å². The zero-order valence-electron chi connectivity index (χ0n) is 10.9. The van der Waals surface area contributed by atoms with Gasteiger partial charge in [0.1, 0.15) is 31.0 Å². The number of nitrogens with one attached hydrogen (secondary N) is 1. The van der Waals surface area contributed by atoms with Crippen molar-refractivity contribution < 1.29 is 18.7 Å². The highest BCUT2D eigenvalue weighted by molar-refractivity contribution is 5.93. The largest absolute Gasteiger partial charge is 0.491 e. The summed E-state index contributed by atoms with van der Waals surface area (Å²) in [5.41, 5.74) is 2.40. The van der Waals surface area contributed by atoms with E-state index in [0.29, 0.717) is 24.5 Å². The third-order valence-electron chi connectivity index (χ3n) is 2.53. The maximum absolute atomic E-state index is 11.2. The van der Waals surface area contributed by atoms with Gasteiger partial charge >= 0.3 is 0 Å². The molecule has 0 saturated carbocycles. The highest BCUT2D eigenvalue weighted by Crippen LogP contribution is 2.10. The van der Waals surface area contributed by atoms with E-state index in [1.807, 2.05) is 35.8 Å².